The van der Waals surface area contributed by atoms with Gasteiger partial charge < -0.3 is 15.6 Å². The Kier molecular flexibility index (Phi) is 8.10. The number of carbonyl (C=O) groups excluding carboxylic acids is 2. The van der Waals surface area contributed by atoms with Crippen LogP contribution in [0.3, 0.4) is 0 Å². The predicted molar refractivity (Wildman–Crippen MR) is 158 cm³/mol. The summed E-state index contributed by atoms with van der Waals surface area (Å²) in [4.78, 5) is 47.3. The molecule has 1 aromatic heterocycles. The van der Waals surface area contributed by atoms with Gasteiger partial charge in [0.05, 0.1) is 34.5 Å². The lowest BCUT2D eigenvalue weighted by Crippen LogP contribution is -2.22. The number of H-pyrrole nitrogens is 1. The third-order valence-electron chi connectivity index (χ3n) is 6.73. The highest BCUT2D eigenvalue weighted by Gasteiger charge is 2.36. The number of aromatic nitrogens is 2. The molecule has 4 aromatic rings. The number of non-ortho nitro benzene ring substituents is 1. The molecule has 0 aliphatic carbocycles. The van der Waals surface area contributed by atoms with E-state index in [0.29, 0.717) is 29.2 Å². The van der Waals surface area contributed by atoms with E-state index in [1.54, 1.807) is 18.6 Å². The molecule has 1 unspecified atom stereocenters. The van der Waals surface area contributed by atoms with Crippen molar-refractivity contribution >= 4 is 46.7 Å². The van der Waals surface area contributed by atoms with Crippen LogP contribution in [-0.2, 0) is 16.0 Å². The van der Waals surface area contributed by atoms with E-state index in [1.165, 1.54) is 19.1 Å². The second-order valence-corrected chi connectivity index (χ2v) is 9.66. The normalized spacial score (nSPS) is 14.6. The third-order valence-corrected chi connectivity index (χ3v) is 6.73. The summed E-state index contributed by atoms with van der Waals surface area (Å²) in [5, 5.41) is 17.1. The molecule has 0 radical (unpaired) electrons. The van der Waals surface area contributed by atoms with E-state index < -0.39 is 10.8 Å². The van der Waals surface area contributed by atoms with Gasteiger partial charge in [0.2, 0.25) is 11.8 Å². The summed E-state index contributed by atoms with van der Waals surface area (Å²) < 4.78 is 0. The molecule has 1 aliphatic rings. The molecule has 0 saturated heterocycles. The van der Waals surface area contributed by atoms with Crippen molar-refractivity contribution in [2.24, 2.45) is 4.99 Å². The smallest absolute Gasteiger partial charge is 0.269 e. The first-order valence-electron chi connectivity index (χ1n) is 13.2. The average molecular weight is 549 g/mol. The number of aliphatic imine (C=N–C) groups is 1. The van der Waals surface area contributed by atoms with Gasteiger partial charge in [-0.1, -0.05) is 42.5 Å². The van der Waals surface area contributed by atoms with Crippen LogP contribution in [-0.4, -0.2) is 39.0 Å². The van der Waals surface area contributed by atoms with Crippen LogP contribution in [0.15, 0.2) is 84.2 Å². The minimum Gasteiger partial charge on any atom is -0.356 e. The van der Waals surface area contributed by atoms with E-state index in [9.17, 15) is 19.7 Å². The van der Waals surface area contributed by atoms with Crippen LogP contribution in [0.4, 0.5) is 17.1 Å². The highest BCUT2D eigenvalue weighted by Crippen LogP contribution is 2.38. The molecule has 3 N–H and O–H groups in total. The summed E-state index contributed by atoms with van der Waals surface area (Å²) in [6.07, 6.45) is 8.78. The molecule has 0 bridgehead atoms. The van der Waals surface area contributed by atoms with Crippen LogP contribution in [0.5, 0.6) is 0 Å². The van der Waals surface area contributed by atoms with Gasteiger partial charge in [-0.15, -0.1) is 0 Å². The summed E-state index contributed by atoms with van der Waals surface area (Å²) in [6.45, 7) is 2.09. The van der Waals surface area contributed by atoms with Crippen molar-refractivity contribution in [1.82, 2.24) is 15.3 Å². The molecular weight excluding hydrogens is 520 g/mol. The first kappa shape index (κ1) is 27.2. The molecule has 2 amide bonds. The lowest BCUT2D eigenvalue weighted by Gasteiger charge is -2.15. The number of rotatable bonds is 10. The highest BCUT2D eigenvalue weighted by molar-refractivity contribution is 6.24. The molecule has 10 heteroatoms. The molecule has 10 nitrogen and oxygen atoms in total. The summed E-state index contributed by atoms with van der Waals surface area (Å²) in [7, 11) is 0. The van der Waals surface area contributed by atoms with E-state index in [-0.39, 0.29) is 17.5 Å². The van der Waals surface area contributed by atoms with Crippen molar-refractivity contribution in [3.8, 4) is 0 Å². The van der Waals surface area contributed by atoms with E-state index in [0.717, 1.165) is 35.2 Å². The number of imidazole rings is 1. The highest BCUT2D eigenvalue weighted by atomic mass is 16.6. The minimum atomic E-state index is -0.824. The van der Waals surface area contributed by atoms with Crippen molar-refractivity contribution in [3.63, 3.8) is 0 Å². The predicted octanol–water partition coefficient (Wildman–Crippen LogP) is 5.41. The Hall–Kier alpha value is -5.38. The van der Waals surface area contributed by atoms with E-state index in [2.05, 4.69) is 20.6 Å². The molecule has 0 spiro atoms. The second-order valence-electron chi connectivity index (χ2n) is 9.66. The Morgan fingerprint density at radius 3 is 2.56 bits per heavy atom. The van der Waals surface area contributed by atoms with Crippen molar-refractivity contribution in [1.29, 1.82) is 0 Å². The van der Waals surface area contributed by atoms with Crippen LogP contribution >= 0.6 is 0 Å². The SMILES string of the molecule is CC(=O)NCCCc1ccc(C(=Nc2ccc(C=Cc3cnc[nH]3)cc2)C2C(=O)Nc3ccc([N+](=O)[O-])cc32)cc1. The Morgan fingerprint density at radius 2 is 1.88 bits per heavy atom. The maximum Gasteiger partial charge on any atom is 0.269 e. The van der Waals surface area contributed by atoms with Gasteiger partial charge in [0, 0.05) is 36.9 Å². The second kappa shape index (κ2) is 12.2. The molecular formula is C31H28N6O4. The number of aryl methyl sites for hydroxylation is 1. The van der Waals surface area contributed by atoms with Gasteiger partial charge in [-0.05, 0) is 53.8 Å². The summed E-state index contributed by atoms with van der Waals surface area (Å²) in [5.41, 5.74) is 5.76. The van der Waals surface area contributed by atoms with Crippen molar-refractivity contribution in [2.45, 2.75) is 25.7 Å². The molecule has 206 valence electrons. The van der Waals surface area contributed by atoms with Gasteiger partial charge in [-0.2, -0.15) is 0 Å². The zero-order valence-electron chi connectivity index (χ0n) is 22.3. The van der Waals surface area contributed by atoms with Gasteiger partial charge in [-0.3, -0.25) is 24.7 Å². The lowest BCUT2D eigenvalue weighted by atomic mass is 9.89. The first-order valence-corrected chi connectivity index (χ1v) is 13.2. The lowest BCUT2D eigenvalue weighted by molar-refractivity contribution is -0.384. The topological polar surface area (TPSA) is 142 Å². The van der Waals surface area contributed by atoms with Crippen molar-refractivity contribution < 1.29 is 14.5 Å². The molecule has 3 aromatic carbocycles. The number of anilines is 1. The molecule has 0 saturated carbocycles. The number of nitro benzene ring substituents is 1. The largest absolute Gasteiger partial charge is 0.356 e. The molecule has 5 rings (SSSR count). The zero-order chi connectivity index (χ0) is 28.8. The number of hydrogen-bond acceptors (Lipinski definition) is 6. The van der Waals surface area contributed by atoms with Crippen LogP contribution in [0, 0.1) is 10.1 Å². The molecule has 41 heavy (non-hydrogen) atoms. The summed E-state index contributed by atoms with van der Waals surface area (Å²) in [6, 6.07) is 19.7. The fraction of sp³-hybridized carbons (Fsp3) is 0.161. The number of amides is 2. The Balaban J connectivity index is 1.47. The average Bonchev–Trinajstić information content (AvgIpc) is 3.60. The van der Waals surface area contributed by atoms with Crippen LogP contribution in [0.1, 0.15) is 47.2 Å². The number of nitro groups is 1. The van der Waals surface area contributed by atoms with E-state index >= 15 is 0 Å². The molecule has 2 heterocycles. The number of aromatic amines is 1. The minimum absolute atomic E-state index is 0.0570. The monoisotopic (exact) mass is 548 g/mol. The number of nitrogens with zero attached hydrogens (tertiary/aromatic N) is 3. The fourth-order valence-electron chi connectivity index (χ4n) is 4.67. The number of hydrogen-bond donors (Lipinski definition) is 3. The number of fused-ring (bicyclic) bond motifs is 1. The van der Waals surface area contributed by atoms with Gasteiger partial charge in [0.15, 0.2) is 0 Å². The van der Waals surface area contributed by atoms with E-state index in [4.69, 9.17) is 4.99 Å². The Morgan fingerprint density at radius 1 is 1.10 bits per heavy atom. The standard InChI is InChI=1S/C31H28N6O4/c1-20(38)33-16-2-3-21-4-9-23(10-5-21)30(29-27-17-26(37(40)41)14-15-28(27)36-31(29)39)35-24-11-6-22(7-12-24)8-13-25-18-32-19-34-25/h4-15,17-19,29H,2-3,16H2,1H3,(H,32,34)(H,33,38)(H,36,39). The number of carbonyl (C=O) groups is 2. The maximum atomic E-state index is 13.3. The van der Waals surface area contributed by atoms with Gasteiger partial charge >= 0.3 is 0 Å². The third kappa shape index (κ3) is 6.62. The van der Waals surface area contributed by atoms with Crippen LogP contribution in [0.2, 0.25) is 0 Å². The van der Waals surface area contributed by atoms with Crippen molar-refractivity contribution in [3.05, 3.63) is 117 Å². The Bertz CT molecular complexity index is 1620. The van der Waals surface area contributed by atoms with Crippen molar-refractivity contribution in [2.75, 3.05) is 11.9 Å². The molecule has 1 aliphatic heterocycles. The fourth-order valence-corrected chi connectivity index (χ4v) is 4.67. The first-order chi connectivity index (χ1) is 19.9. The number of nitrogens with one attached hydrogen (secondary N) is 3. The zero-order valence-corrected chi connectivity index (χ0v) is 22.3. The molecule has 1 atom stereocenters. The number of benzene rings is 3. The summed E-state index contributed by atoms with van der Waals surface area (Å²) in [5.74, 6) is -1.17. The van der Waals surface area contributed by atoms with Crippen LogP contribution < -0.4 is 10.6 Å². The van der Waals surface area contributed by atoms with Crippen LogP contribution in [0.25, 0.3) is 12.2 Å². The Labute approximate surface area is 236 Å². The summed E-state index contributed by atoms with van der Waals surface area (Å²) >= 11 is 0. The van der Waals surface area contributed by atoms with Gasteiger partial charge in [0.25, 0.3) is 5.69 Å². The molecule has 0 fully saturated rings. The maximum absolute atomic E-state index is 13.3. The van der Waals surface area contributed by atoms with E-state index in [1.807, 2.05) is 60.7 Å². The van der Waals surface area contributed by atoms with Gasteiger partial charge in [0.1, 0.15) is 5.92 Å². The quantitative estimate of drug-likeness (QED) is 0.105. The van der Waals surface area contributed by atoms with Gasteiger partial charge in [-0.25, -0.2) is 4.98 Å².